The van der Waals surface area contributed by atoms with Gasteiger partial charge in [-0.25, -0.2) is 4.68 Å². The summed E-state index contributed by atoms with van der Waals surface area (Å²) in [6.07, 6.45) is 1.51. The molecule has 3 aromatic rings. The molecule has 2 aromatic heterocycles. The van der Waals surface area contributed by atoms with Crippen LogP contribution in [0.1, 0.15) is 37.5 Å². The molecule has 3 rings (SSSR count). The van der Waals surface area contributed by atoms with E-state index in [2.05, 4.69) is 25.7 Å². The predicted molar refractivity (Wildman–Crippen MR) is 111 cm³/mol. The number of hydrogen-bond acceptors (Lipinski definition) is 5. The normalized spacial score (nSPS) is 11.6. The predicted octanol–water partition coefficient (Wildman–Crippen LogP) is 2.85. The molecule has 8 heteroatoms. The van der Waals surface area contributed by atoms with Crippen molar-refractivity contribution in [2.45, 2.75) is 47.1 Å². The number of aryl methyl sites for hydroxylation is 3. The number of aromatic nitrogens is 4. The largest absolute Gasteiger partial charge is 0.347 e. The van der Waals surface area contributed by atoms with Gasteiger partial charge in [0.25, 0.3) is 5.56 Å². The SMILES string of the molecule is Cc1cc(C)c(NC(=O)CNc2nc3c(cnn3C(C)(C)C)c(=O)[nH]2)c(C)c1. The lowest BCUT2D eigenvalue weighted by Gasteiger charge is -2.19. The molecule has 0 radical (unpaired) electrons. The molecule has 2 heterocycles. The van der Waals surface area contributed by atoms with E-state index >= 15 is 0 Å². The molecule has 1 amide bonds. The van der Waals surface area contributed by atoms with Crippen LogP contribution in [0, 0.1) is 20.8 Å². The van der Waals surface area contributed by atoms with Gasteiger partial charge in [0.15, 0.2) is 5.65 Å². The zero-order chi connectivity index (χ0) is 20.6. The Morgan fingerprint density at radius 2 is 1.82 bits per heavy atom. The summed E-state index contributed by atoms with van der Waals surface area (Å²) in [6, 6.07) is 4.05. The molecule has 0 aliphatic rings. The highest BCUT2D eigenvalue weighted by atomic mass is 16.2. The van der Waals surface area contributed by atoms with Crippen LogP contribution in [0.3, 0.4) is 0 Å². The quantitative estimate of drug-likeness (QED) is 0.644. The first-order valence-electron chi connectivity index (χ1n) is 9.16. The molecule has 28 heavy (non-hydrogen) atoms. The molecule has 3 N–H and O–H groups in total. The van der Waals surface area contributed by atoms with Crippen molar-refractivity contribution >= 4 is 28.6 Å². The molecule has 8 nitrogen and oxygen atoms in total. The van der Waals surface area contributed by atoms with Crippen LogP contribution in [-0.2, 0) is 10.3 Å². The number of amides is 1. The Bertz CT molecular complexity index is 1080. The van der Waals surface area contributed by atoms with Crippen LogP contribution >= 0.6 is 0 Å². The Kier molecular flexibility index (Phi) is 4.97. The summed E-state index contributed by atoms with van der Waals surface area (Å²) in [4.78, 5) is 31.8. The van der Waals surface area contributed by atoms with Crippen LogP contribution in [0.15, 0.2) is 23.1 Å². The average molecular weight is 382 g/mol. The Morgan fingerprint density at radius 1 is 1.18 bits per heavy atom. The summed E-state index contributed by atoms with van der Waals surface area (Å²) < 4.78 is 1.70. The van der Waals surface area contributed by atoms with Gasteiger partial charge < -0.3 is 10.6 Å². The molecule has 1 aromatic carbocycles. The van der Waals surface area contributed by atoms with E-state index in [-0.39, 0.29) is 29.5 Å². The third kappa shape index (κ3) is 3.90. The first kappa shape index (κ1) is 19.6. The number of hydrogen-bond donors (Lipinski definition) is 3. The number of rotatable bonds is 4. The average Bonchev–Trinajstić information content (AvgIpc) is 3.01. The number of H-pyrrole nitrogens is 1. The molecule has 0 spiro atoms. The number of carbonyl (C=O) groups excluding carboxylic acids is 1. The molecular formula is C20H26N6O2. The van der Waals surface area contributed by atoms with Crippen LogP contribution in [-0.4, -0.2) is 32.2 Å². The molecule has 0 aliphatic carbocycles. The van der Waals surface area contributed by atoms with Crippen molar-refractivity contribution in [3.05, 3.63) is 45.4 Å². The van der Waals surface area contributed by atoms with Gasteiger partial charge in [0.05, 0.1) is 18.3 Å². The van der Waals surface area contributed by atoms with E-state index in [1.54, 1.807) is 4.68 Å². The van der Waals surface area contributed by atoms with E-state index in [1.165, 1.54) is 6.20 Å². The molecular weight excluding hydrogens is 356 g/mol. The second-order valence-electron chi connectivity index (χ2n) is 8.05. The number of carbonyl (C=O) groups is 1. The number of benzene rings is 1. The van der Waals surface area contributed by atoms with Crippen molar-refractivity contribution in [1.82, 2.24) is 19.7 Å². The lowest BCUT2D eigenvalue weighted by Crippen LogP contribution is -2.26. The highest BCUT2D eigenvalue weighted by molar-refractivity contribution is 5.95. The number of nitrogens with zero attached hydrogens (tertiary/aromatic N) is 3. The summed E-state index contributed by atoms with van der Waals surface area (Å²) in [5.41, 5.74) is 3.83. The minimum absolute atomic E-state index is 0.0230. The standard InChI is InChI=1S/C20H26N6O2/c1-11-7-12(2)16(13(3)8-11)23-15(27)10-21-19-24-17-14(18(28)25-19)9-22-26(17)20(4,5)6/h7-9H,10H2,1-6H3,(H,23,27)(H2,21,24,25,28). The summed E-state index contributed by atoms with van der Waals surface area (Å²) in [5.74, 6) is 0.0122. The van der Waals surface area contributed by atoms with Gasteiger partial charge in [-0.05, 0) is 52.7 Å². The van der Waals surface area contributed by atoms with Crippen molar-refractivity contribution < 1.29 is 4.79 Å². The van der Waals surface area contributed by atoms with Crippen molar-refractivity contribution in [3.8, 4) is 0 Å². The monoisotopic (exact) mass is 382 g/mol. The van der Waals surface area contributed by atoms with Crippen LogP contribution in [0.5, 0.6) is 0 Å². The lowest BCUT2D eigenvalue weighted by molar-refractivity contribution is -0.114. The summed E-state index contributed by atoms with van der Waals surface area (Å²) in [7, 11) is 0. The van der Waals surface area contributed by atoms with Gasteiger partial charge in [0, 0.05) is 5.69 Å². The summed E-state index contributed by atoms with van der Waals surface area (Å²) >= 11 is 0. The fourth-order valence-electron chi connectivity index (χ4n) is 3.22. The Balaban J connectivity index is 1.78. The minimum Gasteiger partial charge on any atom is -0.347 e. The molecule has 0 saturated heterocycles. The third-order valence-electron chi connectivity index (χ3n) is 4.43. The van der Waals surface area contributed by atoms with E-state index in [1.807, 2.05) is 53.7 Å². The van der Waals surface area contributed by atoms with Gasteiger partial charge in [-0.15, -0.1) is 0 Å². The zero-order valence-corrected chi connectivity index (χ0v) is 17.1. The van der Waals surface area contributed by atoms with Crippen LogP contribution < -0.4 is 16.2 Å². The van der Waals surface area contributed by atoms with Gasteiger partial charge in [-0.3, -0.25) is 14.6 Å². The van der Waals surface area contributed by atoms with Crippen LogP contribution in [0.4, 0.5) is 11.6 Å². The lowest BCUT2D eigenvalue weighted by atomic mass is 10.1. The third-order valence-corrected chi connectivity index (χ3v) is 4.43. The van der Waals surface area contributed by atoms with E-state index in [0.29, 0.717) is 11.0 Å². The number of aromatic amines is 1. The van der Waals surface area contributed by atoms with Crippen molar-refractivity contribution in [2.75, 3.05) is 17.2 Å². The van der Waals surface area contributed by atoms with Crippen LogP contribution in [0.25, 0.3) is 11.0 Å². The number of fused-ring (bicyclic) bond motifs is 1. The van der Waals surface area contributed by atoms with Gasteiger partial charge in [-0.2, -0.15) is 10.1 Å². The summed E-state index contributed by atoms with van der Waals surface area (Å²) in [6.45, 7) is 11.9. The maximum Gasteiger partial charge on any atom is 0.263 e. The zero-order valence-electron chi connectivity index (χ0n) is 17.1. The minimum atomic E-state index is -0.322. The topological polar surface area (TPSA) is 105 Å². The second kappa shape index (κ2) is 7.10. The Morgan fingerprint density at radius 3 is 2.43 bits per heavy atom. The molecule has 0 unspecified atom stereocenters. The molecule has 0 bridgehead atoms. The van der Waals surface area contributed by atoms with Crippen molar-refractivity contribution in [3.63, 3.8) is 0 Å². The highest BCUT2D eigenvalue weighted by Crippen LogP contribution is 2.22. The number of nitrogens with one attached hydrogen (secondary N) is 3. The molecule has 0 aliphatic heterocycles. The first-order chi connectivity index (χ1) is 13.1. The molecule has 0 fully saturated rings. The van der Waals surface area contributed by atoms with Gasteiger partial charge >= 0.3 is 0 Å². The van der Waals surface area contributed by atoms with Crippen LogP contribution in [0.2, 0.25) is 0 Å². The Labute approximate surface area is 163 Å². The highest BCUT2D eigenvalue weighted by Gasteiger charge is 2.20. The second-order valence-corrected chi connectivity index (χ2v) is 8.05. The maximum atomic E-state index is 12.4. The van der Waals surface area contributed by atoms with E-state index < -0.39 is 0 Å². The van der Waals surface area contributed by atoms with E-state index in [9.17, 15) is 9.59 Å². The summed E-state index contributed by atoms with van der Waals surface area (Å²) in [5, 5.41) is 10.5. The maximum absolute atomic E-state index is 12.4. The van der Waals surface area contributed by atoms with Crippen molar-refractivity contribution in [2.24, 2.45) is 0 Å². The fourth-order valence-corrected chi connectivity index (χ4v) is 3.22. The van der Waals surface area contributed by atoms with Gasteiger partial charge in [0.1, 0.15) is 5.39 Å². The fraction of sp³-hybridized carbons (Fsp3) is 0.400. The smallest absolute Gasteiger partial charge is 0.263 e. The first-order valence-corrected chi connectivity index (χ1v) is 9.16. The van der Waals surface area contributed by atoms with Crippen molar-refractivity contribution in [1.29, 1.82) is 0 Å². The molecule has 0 saturated carbocycles. The number of anilines is 2. The molecule has 0 atom stereocenters. The van der Waals surface area contributed by atoms with E-state index in [4.69, 9.17) is 0 Å². The van der Waals surface area contributed by atoms with Gasteiger partial charge in [0.2, 0.25) is 11.9 Å². The van der Waals surface area contributed by atoms with E-state index in [0.717, 1.165) is 22.4 Å². The van der Waals surface area contributed by atoms with Gasteiger partial charge in [-0.1, -0.05) is 17.7 Å². The molecule has 148 valence electrons. The Hall–Kier alpha value is -3.16.